The van der Waals surface area contributed by atoms with E-state index in [-0.39, 0.29) is 32.2 Å². The molecule has 0 radical (unpaired) electrons. The quantitative estimate of drug-likeness (QED) is 0.300. The van der Waals surface area contributed by atoms with Gasteiger partial charge in [0.1, 0.15) is 12.6 Å². The van der Waals surface area contributed by atoms with Crippen molar-refractivity contribution < 1.29 is 18.0 Å². The number of sulfonamides is 1. The summed E-state index contributed by atoms with van der Waals surface area (Å²) < 4.78 is 28.4. The van der Waals surface area contributed by atoms with Gasteiger partial charge in [0.2, 0.25) is 11.8 Å². The Hall–Kier alpha value is -2.49. The highest BCUT2D eigenvalue weighted by Crippen LogP contribution is 2.33. The van der Waals surface area contributed by atoms with Crippen LogP contribution in [0.15, 0.2) is 71.6 Å². The third kappa shape index (κ3) is 7.12. The van der Waals surface area contributed by atoms with Gasteiger partial charge in [0.25, 0.3) is 10.0 Å². The van der Waals surface area contributed by atoms with Gasteiger partial charge in [-0.1, -0.05) is 70.7 Å². The molecule has 0 saturated heterocycles. The lowest BCUT2D eigenvalue weighted by Crippen LogP contribution is -2.51. The third-order valence-corrected chi connectivity index (χ3v) is 8.71. The molecule has 0 aliphatic heterocycles. The van der Waals surface area contributed by atoms with E-state index in [1.54, 1.807) is 50.2 Å². The molecule has 3 aromatic carbocycles. The maximum absolute atomic E-state index is 13.8. The van der Waals surface area contributed by atoms with Crippen molar-refractivity contribution in [3.8, 4) is 0 Å². The first-order valence-electron chi connectivity index (χ1n) is 11.5. The number of carbonyl (C=O) groups is 2. The Morgan fingerprint density at radius 2 is 1.55 bits per heavy atom. The second-order valence-electron chi connectivity index (χ2n) is 8.26. The number of rotatable bonds is 10. The van der Waals surface area contributed by atoms with Crippen LogP contribution in [0.4, 0.5) is 5.69 Å². The summed E-state index contributed by atoms with van der Waals surface area (Å²) >= 11 is 24.7. The van der Waals surface area contributed by atoms with Crippen LogP contribution in [0.5, 0.6) is 0 Å². The van der Waals surface area contributed by atoms with Gasteiger partial charge in [-0.15, -0.1) is 0 Å². The van der Waals surface area contributed by atoms with Crippen molar-refractivity contribution >= 4 is 73.9 Å². The van der Waals surface area contributed by atoms with E-state index in [0.29, 0.717) is 17.1 Å². The molecule has 38 heavy (non-hydrogen) atoms. The predicted octanol–water partition coefficient (Wildman–Crippen LogP) is 6.05. The van der Waals surface area contributed by atoms with Gasteiger partial charge < -0.3 is 10.2 Å². The Morgan fingerprint density at radius 3 is 2.18 bits per heavy atom. The minimum atomic E-state index is -4.26. The average molecular weight is 617 g/mol. The molecular formula is C26H25Cl4N3O4S. The predicted molar refractivity (Wildman–Crippen MR) is 153 cm³/mol. The Morgan fingerprint density at radius 1 is 0.895 bits per heavy atom. The summed E-state index contributed by atoms with van der Waals surface area (Å²) in [5.41, 5.74) is 0.624. The molecule has 0 heterocycles. The van der Waals surface area contributed by atoms with Crippen molar-refractivity contribution in [2.75, 3.05) is 17.4 Å². The molecule has 0 aliphatic carbocycles. The third-order valence-electron chi connectivity index (χ3n) is 5.64. The normalized spacial score (nSPS) is 12.1. The van der Waals surface area contributed by atoms with Crippen LogP contribution in [-0.4, -0.2) is 44.3 Å². The molecule has 7 nitrogen and oxygen atoms in total. The van der Waals surface area contributed by atoms with Gasteiger partial charge in [-0.25, -0.2) is 8.42 Å². The van der Waals surface area contributed by atoms with Crippen LogP contribution < -0.4 is 9.62 Å². The molecule has 0 spiro atoms. The first-order valence-corrected chi connectivity index (χ1v) is 14.4. The van der Waals surface area contributed by atoms with E-state index < -0.39 is 34.4 Å². The topological polar surface area (TPSA) is 86.8 Å². The van der Waals surface area contributed by atoms with Gasteiger partial charge in [-0.05, 0) is 61.9 Å². The molecular weight excluding hydrogens is 592 g/mol. The molecule has 0 unspecified atom stereocenters. The van der Waals surface area contributed by atoms with Gasteiger partial charge in [0.15, 0.2) is 0 Å². The van der Waals surface area contributed by atoms with Crippen molar-refractivity contribution in [3.63, 3.8) is 0 Å². The maximum Gasteiger partial charge on any atom is 0.264 e. The van der Waals surface area contributed by atoms with Gasteiger partial charge >= 0.3 is 0 Å². The summed E-state index contributed by atoms with van der Waals surface area (Å²) in [6.45, 7) is 2.98. The van der Waals surface area contributed by atoms with Gasteiger partial charge in [0, 0.05) is 18.1 Å². The summed E-state index contributed by atoms with van der Waals surface area (Å²) in [5.74, 6) is -1.05. The van der Waals surface area contributed by atoms with Crippen LogP contribution >= 0.6 is 46.4 Å². The molecule has 0 aromatic heterocycles. The van der Waals surface area contributed by atoms with E-state index in [4.69, 9.17) is 46.4 Å². The molecule has 3 aromatic rings. The lowest BCUT2D eigenvalue weighted by molar-refractivity contribution is -0.139. The SMILES string of the molecule is CCNC(=O)[C@H](C)N(Cc1ccc(Cl)c(Cl)c1)C(=O)CN(c1cc(Cl)ccc1Cl)S(=O)(=O)c1ccccc1. The van der Waals surface area contributed by atoms with Crippen LogP contribution in [0, 0.1) is 0 Å². The van der Waals surface area contributed by atoms with Crippen LogP contribution in [0.1, 0.15) is 19.4 Å². The van der Waals surface area contributed by atoms with Gasteiger partial charge in [-0.3, -0.25) is 13.9 Å². The number of carbonyl (C=O) groups excluding carboxylic acids is 2. The number of likely N-dealkylation sites (N-methyl/N-ethyl adjacent to an activating group) is 1. The second kappa shape index (κ2) is 13.0. The lowest BCUT2D eigenvalue weighted by atomic mass is 10.1. The van der Waals surface area contributed by atoms with Crippen molar-refractivity contribution in [2.45, 2.75) is 31.3 Å². The highest BCUT2D eigenvalue weighted by molar-refractivity contribution is 7.92. The van der Waals surface area contributed by atoms with Crippen LogP contribution in [0.25, 0.3) is 0 Å². The van der Waals surface area contributed by atoms with Crippen molar-refractivity contribution in [3.05, 3.63) is 92.4 Å². The van der Waals surface area contributed by atoms with Gasteiger partial charge in [-0.2, -0.15) is 0 Å². The number of nitrogens with one attached hydrogen (secondary N) is 1. The highest BCUT2D eigenvalue weighted by Gasteiger charge is 2.33. The molecule has 0 saturated carbocycles. The van der Waals surface area contributed by atoms with E-state index >= 15 is 0 Å². The molecule has 12 heteroatoms. The minimum Gasteiger partial charge on any atom is -0.355 e. The fourth-order valence-corrected chi connectivity index (χ4v) is 5.85. The molecule has 2 amide bonds. The van der Waals surface area contributed by atoms with Crippen LogP contribution in [0.2, 0.25) is 20.1 Å². The number of nitrogens with zero attached hydrogens (tertiary/aromatic N) is 2. The van der Waals surface area contributed by atoms with E-state index in [0.717, 1.165) is 4.31 Å². The first kappa shape index (κ1) is 30.1. The van der Waals surface area contributed by atoms with E-state index in [1.165, 1.54) is 35.2 Å². The fraction of sp³-hybridized carbons (Fsp3) is 0.231. The van der Waals surface area contributed by atoms with Gasteiger partial charge in [0.05, 0.1) is 25.7 Å². The molecule has 202 valence electrons. The number of amides is 2. The van der Waals surface area contributed by atoms with Crippen LogP contribution in [0.3, 0.4) is 0 Å². The number of hydrogen-bond acceptors (Lipinski definition) is 4. The molecule has 3 rings (SSSR count). The summed E-state index contributed by atoms with van der Waals surface area (Å²) in [7, 11) is -4.26. The Bertz CT molecular complexity index is 1420. The van der Waals surface area contributed by atoms with E-state index in [2.05, 4.69) is 5.32 Å². The molecule has 0 aliphatic rings. The zero-order chi connectivity index (χ0) is 28.0. The summed E-state index contributed by atoms with van der Waals surface area (Å²) in [5, 5.41) is 3.62. The Kier molecular flexibility index (Phi) is 10.3. The summed E-state index contributed by atoms with van der Waals surface area (Å²) in [4.78, 5) is 27.8. The second-order valence-corrected chi connectivity index (χ2v) is 11.8. The van der Waals surface area contributed by atoms with E-state index in [1.807, 2.05) is 0 Å². The number of halogens is 4. The maximum atomic E-state index is 13.8. The minimum absolute atomic E-state index is 0.0246. The number of benzene rings is 3. The van der Waals surface area contributed by atoms with Crippen molar-refractivity contribution in [2.24, 2.45) is 0 Å². The number of hydrogen-bond donors (Lipinski definition) is 1. The Balaban J connectivity index is 2.07. The van der Waals surface area contributed by atoms with Crippen molar-refractivity contribution in [1.82, 2.24) is 10.2 Å². The highest BCUT2D eigenvalue weighted by atomic mass is 35.5. The van der Waals surface area contributed by atoms with Crippen LogP contribution in [-0.2, 0) is 26.2 Å². The average Bonchev–Trinajstić information content (AvgIpc) is 2.89. The molecule has 1 atom stereocenters. The molecule has 1 N–H and O–H groups in total. The standard InChI is InChI=1S/C26H25Cl4N3O4S/c1-3-31-26(35)17(2)32(15-18-9-11-21(28)23(30)13-18)25(34)16-33(24-14-19(27)10-12-22(24)29)38(36,37)20-7-5-4-6-8-20/h4-14,17H,3,15-16H2,1-2H3,(H,31,35)/t17-/m0/s1. The first-order chi connectivity index (χ1) is 17.9. The number of anilines is 1. The molecule has 0 bridgehead atoms. The van der Waals surface area contributed by atoms with E-state index in [9.17, 15) is 18.0 Å². The Labute approximate surface area is 242 Å². The lowest BCUT2D eigenvalue weighted by Gasteiger charge is -2.32. The summed E-state index contributed by atoms with van der Waals surface area (Å²) in [6.07, 6.45) is 0. The zero-order valence-corrected chi connectivity index (χ0v) is 24.3. The largest absolute Gasteiger partial charge is 0.355 e. The fourth-order valence-electron chi connectivity index (χ4n) is 3.65. The smallest absolute Gasteiger partial charge is 0.264 e. The monoisotopic (exact) mass is 615 g/mol. The van der Waals surface area contributed by atoms with Crippen molar-refractivity contribution in [1.29, 1.82) is 0 Å². The summed E-state index contributed by atoms with van der Waals surface area (Å²) in [6, 6.07) is 15.9. The zero-order valence-electron chi connectivity index (χ0n) is 20.5. The molecule has 0 fully saturated rings.